The molecule has 0 saturated carbocycles. The Bertz CT molecular complexity index is 1250. The van der Waals surface area contributed by atoms with Gasteiger partial charge in [0.05, 0.1) is 29.3 Å². The zero-order chi connectivity index (χ0) is 24.1. The van der Waals surface area contributed by atoms with Crippen LogP contribution in [0.1, 0.15) is 11.3 Å². The van der Waals surface area contributed by atoms with E-state index in [0.29, 0.717) is 42.2 Å². The minimum atomic E-state index is -0.301. The van der Waals surface area contributed by atoms with Crippen molar-refractivity contribution in [1.29, 1.82) is 0 Å². The molecular formula is C24H19BrN2O5S2. The normalized spacial score (nSPS) is 14.5. The molecule has 4 rings (SSSR count). The highest BCUT2D eigenvalue weighted by Crippen LogP contribution is 2.39. The van der Waals surface area contributed by atoms with Crippen LogP contribution in [0.5, 0.6) is 11.5 Å². The molecular weight excluding hydrogens is 540 g/mol. The molecule has 2 heterocycles. The van der Waals surface area contributed by atoms with Crippen LogP contribution in [-0.2, 0) is 16.1 Å². The summed E-state index contributed by atoms with van der Waals surface area (Å²) in [4.78, 5) is 27.1. The van der Waals surface area contributed by atoms with Gasteiger partial charge in [-0.25, -0.2) is 0 Å². The second kappa shape index (κ2) is 10.9. The van der Waals surface area contributed by atoms with Crippen LogP contribution in [0.15, 0.2) is 74.7 Å². The van der Waals surface area contributed by atoms with Crippen LogP contribution in [-0.4, -0.2) is 34.8 Å². The van der Waals surface area contributed by atoms with E-state index in [2.05, 4.69) is 21.2 Å². The lowest BCUT2D eigenvalue weighted by Gasteiger charge is -2.14. The van der Waals surface area contributed by atoms with Crippen molar-refractivity contribution in [3.05, 3.63) is 81.6 Å². The Morgan fingerprint density at radius 2 is 2.03 bits per heavy atom. The summed E-state index contributed by atoms with van der Waals surface area (Å²) >= 11 is 10.1. The van der Waals surface area contributed by atoms with Crippen molar-refractivity contribution in [2.45, 2.75) is 6.54 Å². The van der Waals surface area contributed by atoms with Crippen molar-refractivity contribution in [2.75, 3.05) is 19.0 Å². The smallest absolute Gasteiger partial charge is 0.266 e. The van der Waals surface area contributed by atoms with Crippen LogP contribution in [0, 0.1) is 0 Å². The van der Waals surface area contributed by atoms with Gasteiger partial charge in [0, 0.05) is 5.69 Å². The Morgan fingerprint density at radius 1 is 1.24 bits per heavy atom. The SMILES string of the molecule is COc1cc(/C=C2\SC(=S)N(Cc3ccco3)C2=O)cc(Br)c1OCC(=O)Nc1ccccc1. The summed E-state index contributed by atoms with van der Waals surface area (Å²) in [6.45, 7) is 0.0779. The number of para-hydroxylation sites is 1. The number of thiocarbonyl (C=S) groups is 1. The molecule has 0 atom stereocenters. The number of carbonyl (C=O) groups is 2. The summed E-state index contributed by atoms with van der Waals surface area (Å²) in [6, 6.07) is 16.2. The zero-order valence-electron chi connectivity index (χ0n) is 17.9. The average Bonchev–Trinajstić information content (AvgIpc) is 3.43. The maximum atomic E-state index is 12.9. The molecule has 1 fully saturated rings. The van der Waals surface area contributed by atoms with E-state index < -0.39 is 0 Å². The summed E-state index contributed by atoms with van der Waals surface area (Å²) in [5.74, 6) is 0.955. The van der Waals surface area contributed by atoms with Gasteiger partial charge in [-0.1, -0.05) is 42.2 Å². The van der Waals surface area contributed by atoms with Crippen LogP contribution in [0.25, 0.3) is 6.08 Å². The molecule has 0 spiro atoms. The summed E-state index contributed by atoms with van der Waals surface area (Å²) in [5, 5.41) is 2.76. The molecule has 0 unspecified atom stereocenters. The van der Waals surface area contributed by atoms with Gasteiger partial charge >= 0.3 is 0 Å². The molecule has 1 aliphatic heterocycles. The first-order chi connectivity index (χ1) is 16.4. The molecule has 10 heteroatoms. The molecule has 7 nitrogen and oxygen atoms in total. The van der Waals surface area contributed by atoms with Gasteiger partial charge in [0.25, 0.3) is 11.8 Å². The van der Waals surface area contributed by atoms with E-state index >= 15 is 0 Å². The van der Waals surface area contributed by atoms with Gasteiger partial charge in [0.2, 0.25) is 0 Å². The summed E-state index contributed by atoms with van der Waals surface area (Å²) in [7, 11) is 1.51. The predicted molar refractivity (Wildman–Crippen MR) is 139 cm³/mol. The molecule has 0 radical (unpaired) electrons. The lowest BCUT2D eigenvalue weighted by Crippen LogP contribution is -2.27. The molecule has 2 aromatic carbocycles. The fourth-order valence-corrected chi connectivity index (χ4v) is 4.99. The Kier molecular flexibility index (Phi) is 7.71. The van der Waals surface area contributed by atoms with Crippen LogP contribution in [0.3, 0.4) is 0 Å². The largest absolute Gasteiger partial charge is 0.493 e. The summed E-state index contributed by atoms with van der Waals surface area (Å²) in [6.07, 6.45) is 3.29. The number of ether oxygens (including phenoxy) is 2. The Labute approximate surface area is 214 Å². The minimum Gasteiger partial charge on any atom is -0.493 e. The lowest BCUT2D eigenvalue weighted by atomic mass is 10.2. The number of carbonyl (C=O) groups excluding carboxylic acids is 2. The number of nitrogens with one attached hydrogen (secondary N) is 1. The van der Waals surface area contributed by atoms with E-state index in [1.165, 1.54) is 23.8 Å². The first-order valence-corrected chi connectivity index (χ1v) is 12.1. The van der Waals surface area contributed by atoms with E-state index in [0.717, 1.165) is 0 Å². The van der Waals surface area contributed by atoms with Crippen LogP contribution in [0.2, 0.25) is 0 Å². The van der Waals surface area contributed by atoms with E-state index in [-0.39, 0.29) is 25.0 Å². The van der Waals surface area contributed by atoms with Gasteiger partial charge in [0.1, 0.15) is 10.1 Å². The van der Waals surface area contributed by atoms with E-state index in [1.807, 2.05) is 18.2 Å². The number of benzene rings is 2. The number of halogens is 1. The molecule has 174 valence electrons. The summed E-state index contributed by atoms with van der Waals surface area (Å²) < 4.78 is 17.6. The second-order valence-corrected chi connectivity index (χ2v) is 9.61. The van der Waals surface area contributed by atoms with E-state index in [9.17, 15) is 9.59 Å². The molecule has 2 amide bonds. The Morgan fingerprint density at radius 3 is 2.74 bits per heavy atom. The monoisotopic (exact) mass is 558 g/mol. The third-order valence-electron chi connectivity index (χ3n) is 4.72. The molecule has 34 heavy (non-hydrogen) atoms. The van der Waals surface area contributed by atoms with Crippen molar-refractivity contribution in [1.82, 2.24) is 4.90 Å². The highest BCUT2D eigenvalue weighted by atomic mass is 79.9. The Hall–Kier alpha value is -3.08. The van der Waals surface area contributed by atoms with E-state index in [4.69, 9.17) is 26.1 Å². The Balaban J connectivity index is 1.47. The van der Waals surface area contributed by atoms with Gasteiger partial charge in [0.15, 0.2) is 18.1 Å². The first kappa shape index (κ1) is 24.1. The zero-order valence-corrected chi connectivity index (χ0v) is 21.2. The topological polar surface area (TPSA) is 81.0 Å². The van der Waals surface area contributed by atoms with Crippen LogP contribution >= 0.6 is 39.9 Å². The fraction of sp³-hybridized carbons (Fsp3) is 0.125. The highest BCUT2D eigenvalue weighted by Gasteiger charge is 2.32. The third-order valence-corrected chi connectivity index (χ3v) is 6.69. The van der Waals surface area contributed by atoms with Crippen molar-refractivity contribution in [3.63, 3.8) is 0 Å². The lowest BCUT2D eigenvalue weighted by molar-refractivity contribution is -0.122. The maximum absolute atomic E-state index is 12.9. The standard InChI is InChI=1S/C24H19BrN2O5S2/c1-30-19-11-15(12-20-23(29)27(24(33)34-20)13-17-8-5-9-31-17)10-18(25)22(19)32-14-21(28)26-16-6-3-2-4-7-16/h2-12H,13-14H2,1H3,(H,26,28)/b20-12-. The van der Waals surface area contributed by atoms with Gasteiger partial charge in [-0.2, -0.15) is 0 Å². The summed E-state index contributed by atoms with van der Waals surface area (Å²) in [5.41, 5.74) is 1.39. The molecule has 0 bridgehead atoms. The van der Waals surface area contributed by atoms with Gasteiger partial charge in [-0.3, -0.25) is 14.5 Å². The molecule has 3 aromatic rings. The molecule has 1 N–H and O–H groups in total. The molecule has 1 saturated heterocycles. The molecule has 0 aliphatic carbocycles. The predicted octanol–water partition coefficient (Wildman–Crippen LogP) is 5.47. The van der Waals surface area contributed by atoms with Gasteiger partial charge < -0.3 is 19.2 Å². The van der Waals surface area contributed by atoms with Crippen molar-refractivity contribution < 1.29 is 23.5 Å². The second-order valence-electron chi connectivity index (χ2n) is 7.08. The number of nitrogens with zero attached hydrogens (tertiary/aromatic N) is 1. The van der Waals surface area contributed by atoms with Gasteiger partial charge in [-0.15, -0.1) is 0 Å². The van der Waals surface area contributed by atoms with Crippen LogP contribution < -0.4 is 14.8 Å². The highest BCUT2D eigenvalue weighted by molar-refractivity contribution is 9.10. The van der Waals surface area contributed by atoms with Crippen LogP contribution in [0.4, 0.5) is 5.69 Å². The molecule has 1 aromatic heterocycles. The van der Waals surface area contributed by atoms with E-state index in [1.54, 1.807) is 48.7 Å². The van der Waals surface area contributed by atoms with Crippen molar-refractivity contribution in [3.8, 4) is 11.5 Å². The fourth-order valence-electron chi connectivity index (χ4n) is 3.17. The number of hydrogen-bond donors (Lipinski definition) is 1. The number of thioether (sulfide) groups is 1. The average molecular weight is 559 g/mol. The third kappa shape index (κ3) is 5.69. The number of amides is 2. The first-order valence-electron chi connectivity index (χ1n) is 10.1. The van der Waals surface area contributed by atoms with Crippen molar-refractivity contribution in [2.24, 2.45) is 0 Å². The van der Waals surface area contributed by atoms with Gasteiger partial charge in [-0.05, 0) is 64.0 Å². The van der Waals surface area contributed by atoms with Crippen molar-refractivity contribution >= 4 is 67.8 Å². The number of anilines is 1. The maximum Gasteiger partial charge on any atom is 0.266 e. The minimum absolute atomic E-state index is 0.195. The number of hydrogen-bond acceptors (Lipinski definition) is 7. The number of furan rings is 1. The number of methoxy groups -OCH3 is 1. The quantitative estimate of drug-likeness (QED) is 0.290. The molecule has 1 aliphatic rings. The number of rotatable bonds is 8.